The monoisotopic (exact) mass is 352 g/mol. The molecule has 0 radical (unpaired) electrons. The van der Waals surface area contributed by atoms with Crippen molar-refractivity contribution in [2.24, 2.45) is 11.8 Å². The highest BCUT2D eigenvalue weighted by Crippen LogP contribution is 2.16. The number of nitrogens with one attached hydrogen (secondary N) is 1. The fourth-order valence-electron chi connectivity index (χ4n) is 3.00. The maximum absolute atomic E-state index is 12.7. The summed E-state index contributed by atoms with van der Waals surface area (Å²) in [6, 6.07) is -0.614. The second-order valence-corrected chi connectivity index (χ2v) is 7.18. The zero-order chi connectivity index (χ0) is 18.8. The number of hydrogen-bond donors (Lipinski definition) is 2. The van der Waals surface area contributed by atoms with E-state index < -0.39 is 17.9 Å². The maximum Gasteiger partial charge on any atom is 0.304 e. The first-order valence-corrected chi connectivity index (χ1v) is 9.25. The lowest BCUT2D eigenvalue weighted by molar-refractivity contribution is -0.142. The Labute approximate surface area is 150 Å². The Morgan fingerprint density at radius 1 is 1.24 bits per heavy atom. The molecule has 0 fully saturated rings. The molecular formula is C19H32N2O4. The Hall–Kier alpha value is -1.85. The number of likely N-dealkylation sites (N-methyl/N-ethyl adjacent to an activating group) is 1. The van der Waals surface area contributed by atoms with E-state index in [2.05, 4.69) is 17.5 Å². The molecule has 1 aliphatic rings. The summed E-state index contributed by atoms with van der Waals surface area (Å²) in [5.74, 6) is -2.08. The predicted molar refractivity (Wildman–Crippen MR) is 97.0 cm³/mol. The van der Waals surface area contributed by atoms with Gasteiger partial charge in [0.15, 0.2) is 0 Å². The zero-order valence-corrected chi connectivity index (χ0v) is 15.7. The van der Waals surface area contributed by atoms with Crippen LogP contribution >= 0.6 is 0 Å². The third kappa shape index (κ3) is 7.71. The molecule has 6 heteroatoms. The topological polar surface area (TPSA) is 86.7 Å². The van der Waals surface area contributed by atoms with Crippen LogP contribution < -0.4 is 5.32 Å². The number of amides is 2. The van der Waals surface area contributed by atoms with Gasteiger partial charge < -0.3 is 15.3 Å². The summed E-state index contributed by atoms with van der Waals surface area (Å²) < 4.78 is 0. The molecule has 25 heavy (non-hydrogen) atoms. The molecule has 6 nitrogen and oxygen atoms in total. The highest BCUT2D eigenvalue weighted by Gasteiger charge is 2.30. The molecule has 0 aromatic heterocycles. The Morgan fingerprint density at radius 2 is 1.88 bits per heavy atom. The van der Waals surface area contributed by atoms with Crippen molar-refractivity contribution in [2.45, 2.75) is 64.8 Å². The highest BCUT2D eigenvalue weighted by atomic mass is 16.4. The lowest BCUT2D eigenvalue weighted by atomic mass is 9.95. The van der Waals surface area contributed by atoms with Gasteiger partial charge in [0.05, 0.1) is 6.42 Å². The summed E-state index contributed by atoms with van der Waals surface area (Å²) in [6.45, 7) is 4.44. The molecule has 1 aliphatic heterocycles. The predicted octanol–water partition coefficient (Wildman–Crippen LogP) is 2.59. The number of carbonyl (C=O) groups is 3. The van der Waals surface area contributed by atoms with Crippen LogP contribution in [0, 0.1) is 11.8 Å². The van der Waals surface area contributed by atoms with E-state index in [-0.39, 0.29) is 24.2 Å². The van der Waals surface area contributed by atoms with Crippen LogP contribution in [0.2, 0.25) is 0 Å². The molecule has 0 saturated carbocycles. The van der Waals surface area contributed by atoms with Gasteiger partial charge in [-0.2, -0.15) is 0 Å². The second kappa shape index (κ2) is 10.9. The van der Waals surface area contributed by atoms with Gasteiger partial charge in [0.25, 0.3) is 0 Å². The molecule has 1 rings (SSSR count). The fourth-order valence-corrected chi connectivity index (χ4v) is 3.00. The van der Waals surface area contributed by atoms with Crippen molar-refractivity contribution in [3.8, 4) is 0 Å². The molecule has 0 spiro atoms. The molecular weight excluding hydrogens is 320 g/mol. The van der Waals surface area contributed by atoms with Gasteiger partial charge in [-0.15, -0.1) is 0 Å². The Bertz CT molecular complexity index is 488. The van der Waals surface area contributed by atoms with Gasteiger partial charge in [0, 0.05) is 19.5 Å². The first-order valence-electron chi connectivity index (χ1n) is 9.25. The van der Waals surface area contributed by atoms with Gasteiger partial charge in [0.2, 0.25) is 11.8 Å². The van der Waals surface area contributed by atoms with E-state index in [4.69, 9.17) is 5.11 Å². The van der Waals surface area contributed by atoms with Crippen LogP contribution in [0.5, 0.6) is 0 Å². The lowest BCUT2D eigenvalue weighted by Gasteiger charge is -2.28. The molecule has 2 atom stereocenters. The molecule has 0 saturated heterocycles. The molecule has 142 valence electrons. The van der Waals surface area contributed by atoms with Gasteiger partial charge >= 0.3 is 5.97 Å². The van der Waals surface area contributed by atoms with Crippen molar-refractivity contribution in [1.29, 1.82) is 0 Å². The van der Waals surface area contributed by atoms with Crippen LogP contribution in [-0.4, -0.2) is 47.4 Å². The van der Waals surface area contributed by atoms with Crippen LogP contribution in [0.1, 0.15) is 58.8 Å². The van der Waals surface area contributed by atoms with Crippen molar-refractivity contribution < 1.29 is 19.5 Å². The van der Waals surface area contributed by atoms with E-state index in [1.807, 2.05) is 13.8 Å². The van der Waals surface area contributed by atoms with Gasteiger partial charge in [-0.05, 0) is 44.4 Å². The van der Waals surface area contributed by atoms with E-state index in [1.54, 1.807) is 11.9 Å². The summed E-state index contributed by atoms with van der Waals surface area (Å²) in [5.41, 5.74) is 0. The minimum Gasteiger partial charge on any atom is -0.481 e. The van der Waals surface area contributed by atoms with Crippen LogP contribution in [0.3, 0.4) is 0 Å². The van der Waals surface area contributed by atoms with Gasteiger partial charge in [-0.25, -0.2) is 0 Å². The minimum absolute atomic E-state index is 0.0540. The minimum atomic E-state index is -0.988. The highest BCUT2D eigenvalue weighted by molar-refractivity contribution is 5.90. The first-order chi connectivity index (χ1) is 11.8. The Balaban J connectivity index is 2.93. The number of carboxylic acid groups (broad SMARTS) is 1. The molecule has 0 aromatic rings. The third-order valence-corrected chi connectivity index (χ3v) is 4.60. The largest absolute Gasteiger partial charge is 0.481 e. The summed E-state index contributed by atoms with van der Waals surface area (Å²) in [5, 5.41) is 11.9. The maximum atomic E-state index is 12.7. The van der Waals surface area contributed by atoms with E-state index >= 15 is 0 Å². The van der Waals surface area contributed by atoms with Gasteiger partial charge in [-0.1, -0.05) is 26.0 Å². The summed E-state index contributed by atoms with van der Waals surface area (Å²) in [6.07, 6.45) is 9.07. The SMILES string of the molecule is CC(C)C1NC(=O)C(CC(=O)O)CCCC=CCCCCN(C)C1=O. The number of hydrogen-bond acceptors (Lipinski definition) is 3. The molecule has 0 bridgehead atoms. The fraction of sp³-hybridized carbons (Fsp3) is 0.737. The number of carbonyl (C=O) groups excluding carboxylic acids is 2. The summed E-state index contributed by atoms with van der Waals surface area (Å²) in [7, 11) is 1.76. The van der Waals surface area contributed by atoms with E-state index in [9.17, 15) is 14.4 Å². The first kappa shape index (κ1) is 21.2. The molecule has 2 amide bonds. The molecule has 2 unspecified atom stereocenters. The van der Waals surface area contributed by atoms with Crippen LogP contribution in [0.15, 0.2) is 12.2 Å². The standard InChI is InChI=1S/C19H32N2O4/c1-14(2)17-19(25)21(3)12-10-8-6-4-5-7-9-11-15(13-16(22)23)18(24)20-17/h4-5,14-15,17H,6-13H2,1-3H3,(H,20,24)(H,22,23). The molecule has 0 aromatic carbocycles. The summed E-state index contributed by atoms with van der Waals surface area (Å²) >= 11 is 0. The number of nitrogens with zero attached hydrogens (tertiary/aromatic N) is 1. The van der Waals surface area contributed by atoms with Crippen molar-refractivity contribution in [1.82, 2.24) is 10.2 Å². The van der Waals surface area contributed by atoms with Crippen molar-refractivity contribution >= 4 is 17.8 Å². The van der Waals surface area contributed by atoms with Crippen LogP contribution in [0.25, 0.3) is 0 Å². The number of carboxylic acids is 1. The number of aliphatic carboxylic acids is 1. The van der Waals surface area contributed by atoms with Gasteiger partial charge in [-0.3, -0.25) is 14.4 Å². The quantitative estimate of drug-likeness (QED) is 0.764. The average Bonchev–Trinajstić information content (AvgIpc) is 2.54. The van der Waals surface area contributed by atoms with Crippen LogP contribution in [-0.2, 0) is 14.4 Å². The van der Waals surface area contributed by atoms with Crippen molar-refractivity contribution in [3.63, 3.8) is 0 Å². The molecule has 0 aliphatic carbocycles. The molecule has 2 N–H and O–H groups in total. The smallest absolute Gasteiger partial charge is 0.304 e. The Morgan fingerprint density at radius 3 is 2.48 bits per heavy atom. The van der Waals surface area contributed by atoms with Crippen LogP contribution in [0.4, 0.5) is 0 Å². The second-order valence-electron chi connectivity index (χ2n) is 7.18. The number of rotatable bonds is 3. The van der Waals surface area contributed by atoms with E-state index in [0.29, 0.717) is 13.0 Å². The normalized spacial score (nSPS) is 24.6. The average molecular weight is 352 g/mol. The van der Waals surface area contributed by atoms with Gasteiger partial charge in [0.1, 0.15) is 6.04 Å². The molecule has 1 heterocycles. The Kier molecular flexibility index (Phi) is 9.24. The van der Waals surface area contributed by atoms with E-state index in [0.717, 1.165) is 32.1 Å². The van der Waals surface area contributed by atoms with Crippen molar-refractivity contribution in [2.75, 3.05) is 13.6 Å². The van der Waals surface area contributed by atoms with Crippen molar-refractivity contribution in [3.05, 3.63) is 12.2 Å². The summed E-state index contributed by atoms with van der Waals surface area (Å²) in [4.78, 5) is 38.0. The lowest BCUT2D eigenvalue weighted by Crippen LogP contribution is -2.52. The number of allylic oxidation sites excluding steroid dienone is 2. The third-order valence-electron chi connectivity index (χ3n) is 4.60. The zero-order valence-electron chi connectivity index (χ0n) is 15.7. The van der Waals surface area contributed by atoms with E-state index in [1.165, 1.54) is 0 Å².